The van der Waals surface area contributed by atoms with E-state index in [1.165, 1.54) is 22.5 Å². The summed E-state index contributed by atoms with van der Waals surface area (Å²) < 4.78 is 27.6. The van der Waals surface area contributed by atoms with Gasteiger partial charge in [-0.1, -0.05) is 31.4 Å². The molecular weight excluding hydrogens is 456 g/mol. The Morgan fingerprint density at radius 3 is 2.61 bits per heavy atom. The number of aryl methyl sites for hydroxylation is 1. The molecule has 0 unspecified atom stereocenters. The van der Waals surface area contributed by atoms with Crippen LogP contribution in [-0.2, 0) is 27.8 Å². The Hall–Kier alpha value is -1.52. The number of thiazole rings is 1. The third-order valence-corrected chi connectivity index (χ3v) is 8.43. The zero-order chi connectivity index (χ0) is 22.4. The van der Waals surface area contributed by atoms with Gasteiger partial charge in [-0.2, -0.15) is 4.31 Å². The Morgan fingerprint density at radius 2 is 1.97 bits per heavy atom. The van der Waals surface area contributed by atoms with Gasteiger partial charge in [-0.3, -0.25) is 9.69 Å². The molecule has 1 fully saturated rings. The molecule has 1 aliphatic heterocycles. The van der Waals surface area contributed by atoms with Crippen LogP contribution in [0.5, 0.6) is 0 Å². The normalized spacial score (nSPS) is 15.7. The lowest BCUT2D eigenvalue weighted by molar-refractivity contribution is -0.117. The maximum absolute atomic E-state index is 13.1. The number of sulfonamides is 1. The quantitative estimate of drug-likeness (QED) is 0.612. The molecule has 170 valence electrons. The van der Waals surface area contributed by atoms with Crippen molar-refractivity contribution in [3.05, 3.63) is 39.3 Å². The lowest BCUT2D eigenvalue weighted by Crippen LogP contribution is -2.32. The molecule has 0 bridgehead atoms. The number of rotatable bonds is 8. The van der Waals surface area contributed by atoms with Crippen LogP contribution in [0.25, 0.3) is 0 Å². The molecule has 1 amide bonds. The van der Waals surface area contributed by atoms with Gasteiger partial charge in [-0.25, -0.2) is 13.4 Å². The van der Waals surface area contributed by atoms with Crippen molar-refractivity contribution in [1.29, 1.82) is 0 Å². The lowest BCUT2D eigenvalue weighted by Gasteiger charge is -2.21. The van der Waals surface area contributed by atoms with Crippen molar-refractivity contribution in [2.24, 2.45) is 0 Å². The Labute approximate surface area is 193 Å². The van der Waals surface area contributed by atoms with Crippen LogP contribution in [0.3, 0.4) is 0 Å². The molecule has 10 heteroatoms. The predicted molar refractivity (Wildman–Crippen MR) is 125 cm³/mol. The summed E-state index contributed by atoms with van der Waals surface area (Å²) in [6.45, 7) is 3.80. The van der Waals surface area contributed by atoms with Crippen molar-refractivity contribution in [2.75, 3.05) is 32.0 Å². The highest BCUT2D eigenvalue weighted by molar-refractivity contribution is 7.89. The maximum Gasteiger partial charge on any atom is 0.243 e. The maximum atomic E-state index is 13.1. The van der Waals surface area contributed by atoms with E-state index in [0.29, 0.717) is 30.3 Å². The minimum absolute atomic E-state index is 0.137. The number of aromatic nitrogens is 1. The van der Waals surface area contributed by atoms with Crippen LogP contribution < -0.4 is 5.32 Å². The summed E-state index contributed by atoms with van der Waals surface area (Å²) >= 11 is 7.86. The fourth-order valence-corrected chi connectivity index (χ4v) is 5.99. The van der Waals surface area contributed by atoms with E-state index in [4.69, 9.17) is 11.6 Å². The van der Waals surface area contributed by atoms with Crippen LogP contribution in [0.2, 0.25) is 5.02 Å². The second-order valence-electron chi connectivity index (χ2n) is 7.77. The molecule has 0 radical (unpaired) electrons. The third-order valence-electron chi connectivity index (χ3n) is 5.16. The molecule has 31 heavy (non-hydrogen) atoms. The predicted octanol–water partition coefficient (Wildman–Crippen LogP) is 3.99. The van der Waals surface area contributed by atoms with E-state index < -0.39 is 10.0 Å². The number of anilines is 1. The summed E-state index contributed by atoms with van der Waals surface area (Å²) in [6.07, 6.45) is 4.71. The highest BCUT2D eigenvalue weighted by atomic mass is 35.5. The van der Waals surface area contributed by atoms with Gasteiger partial charge < -0.3 is 5.32 Å². The second-order valence-corrected chi connectivity index (χ2v) is 11.1. The van der Waals surface area contributed by atoms with Crippen LogP contribution in [0.1, 0.15) is 43.3 Å². The summed E-state index contributed by atoms with van der Waals surface area (Å²) in [7, 11) is -1.78. The topological polar surface area (TPSA) is 82.6 Å². The van der Waals surface area contributed by atoms with Crippen molar-refractivity contribution in [1.82, 2.24) is 14.2 Å². The summed E-state index contributed by atoms with van der Waals surface area (Å²) in [5.41, 5.74) is 1.23. The van der Waals surface area contributed by atoms with E-state index in [0.717, 1.165) is 42.8 Å². The molecule has 1 N–H and O–H groups in total. The summed E-state index contributed by atoms with van der Waals surface area (Å²) in [5, 5.41) is 6.13. The molecule has 7 nitrogen and oxygen atoms in total. The Bertz CT molecular complexity index is 1000. The van der Waals surface area contributed by atoms with Crippen molar-refractivity contribution in [3.8, 4) is 0 Å². The number of hydrogen-bond acceptors (Lipinski definition) is 6. The van der Waals surface area contributed by atoms with Gasteiger partial charge in [0.05, 0.1) is 32.9 Å². The Morgan fingerprint density at radius 1 is 1.26 bits per heavy atom. The van der Waals surface area contributed by atoms with Crippen LogP contribution >= 0.6 is 22.9 Å². The second kappa shape index (κ2) is 10.9. The first-order chi connectivity index (χ1) is 14.8. The number of amides is 1. The van der Waals surface area contributed by atoms with E-state index in [1.807, 2.05) is 17.3 Å². The fraction of sp³-hybridized carbons (Fsp3) is 0.524. The largest absolute Gasteiger partial charge is 0.324 e. The van der Waals surface area contributed by atoms with Gasteiger partial charge in [0.1, 0.15) is 0 Å². The number of halogens is 1. The SMILES string of the molecule is CCc1nc(CN(C)CC(=O)Nc2cc(S(=O)(=O)N3CCCCCC3)ccc2Cl)cs1. The van der Waals surface area contributed by atoms with Crippen LogP contribution in [0.15, 0.2) is 28.5 Å². The van der Waals surface area contributed by atoms with Crippen LogP contribution in [0, 0.1) is 0 Å². The smallest absolute Gasteiger partial charge is 0.243 e. The molecule has 1 aromatic carbocycles. The number of hydrogen-bond donors (Lipinski definition) is 1. The van der Waals surface area contributed by atoms with Crippen molar-refractivity contribution in [3.63, 3.8) is 0 Å². The molecular formula is C21H29ClN4O3S2. The van der Waals surface area contributed by atoms with Gasteiger partial charge in [0.25, 0.3) is 0 Å². The molecule has 1 saturated heterocycles. The van der Waals surface area contributed by atoms with Gasteiger partial charge in [0.2, 0.25) is 15.9 Å². The standard InChI is InChI=1S/C21H29ClN4O3S2/c1-3-21-23-16(15-30-21)13-25(2)14-20(27)24-19-12-17(8-9-18(19)22)31(28,29)26-10-6-4-5-7-11-26/h8-9,12,15H,3-7,10-11,13-14H2,1-2H3,(H,24,27). The molecule has 1 aromatic heterocycles. The van der Waals surface area contributed by atoms with Crippen LogP contribution in [-0.4, -0.2) is 55.2 Å². The molecule has 2 heterocycles. The Kier molecular flexibility index (Phi) is 8.46. The van der Waals surface area contributed by atoms with E-state index in [-0.39, 0.29) is 17.3 Å². The molecule has 1 aliphatic rings. The zero-order valence-corrected chi connectivity index (χ0v) is 20.3. The molecule has 0 aliphatic carbocycles. The van der Waals surface area contributed by atoms with Gasteiger partial charge in [0, 0.05) is 25.0 Å². The number of likely N-dealkylation sites (N-methyl/N-ethyl adjacent to an activating group) is 1. The highest BCUT2D eigenvalue weighted by Crippen LogP contribution is 2.28. The third kappa shape index (κ3) is 6.49. The lowest BCUT2D eigenvalue weighted by atomic mass is 10.2. The molecule has 2 aromatic rings. The van der Waals surface area contributed by atoms with Gasteiger partial charge >= 0.3 is 0 Å². The Balaban J connectivity index is 1.66. The first-order valence-electron chi connectivity index (χ1n) is 10.5. The van der Waals surface area contributed by atoms with Crippen molar-refractivity contribution < 1.29 is 13.2 Å². The summed E-state index contributed by atoms with van der Waals surface area (Å²) in [4.78, 5) is 19.1. The minimum atomic E-state index is -3.62. The van der Waals surface area contributed by atoms with Gasteiger partial charge in [0.15, 0.2) is 0 Å². The van der Waals surface area contributed by atoms with Gasteiger partial charge in [-0.15, -0.1) is 11.3 Å². The minimum Gasteiger partial charge on any atom is -0.324 e. The first-order valence-corrected chi connectivity index (χ1v) is 13.2. The monoisotopic (exact) mass is 484 g/mol. The van der Waals surface area contributed by atoms with Crippen molar-refractivity contribution in [2.45, 2.75) is 50.5 Å². The van der Waals surface area contributed by atoms with E-state index >= 15 is 0 Å². The highest BCUT2D eigenvalue weighted by Gasteiger charge is 2.26. The van der Waals surface area contributed by atoms with E-state index in [9.17, 15) is 13.2 Å². The van der Waals surface area contributed by atoms with Crippen molar-refractivity contribution >= 4 is 44.6 Å². The number of nitrogens with one attached hydrogen (secondary N) is 1. The van der Waals surface area contributed by atoms with E-state index in [1.54, 1.807) is 11.3 Å². The number of benzene rings is 1. The fourth-order valence-electron chi connectivity index (χ4n) is 3.54. The van der Waals surface area contributed by atoms with E-state index in [2.05, 4.69) is 17.2 Å². The average molecular weight is 485 g/mol. The number of carbonyl (C=O) groups excluding carboxylic acids is 1. The average Bonchev–Trinajstić information content (AvgIpc) is 2.98. The summed E-state index contributed by atoms with van der Waals surface area (Å²) in [5.74, 6) is -0.264. The zero-order valence-electron chi connectivity index (χ0n) is 17.9. The molecule has 0 saturated carbocycles. The van der Waals surface area contributed by atoms with Gasteiger partial charge in [-0.05, 0) is 44.5 Å². The molecule has 3 rings (SSSR count). The number of carbonyl (C=O) groups is 1. The summed E-state index contributed by atoms with van der Waals surface area (Å²) in [6, 6.07) is 4.47. The molecule has 0 spiro atoms. The number of nitrogens with zero attached hydrogens (tertiary/aromatic N) is 3. The van der Waals surface area contributed by atoms with Crippen LogP contribution in [0.4, 0.5) is 5.69 Å². The first kappa shape index (κ1) is 24.1. The molecule has 0 atom stereocenters.